The van der Waals surface area contributed by atoms with Crippen molar-refractivity contribution in [1.29, 1.82) is 0 Å². The van der Waals surface area contributed by atoms with Crippen LogP contribution in [-0.4, -0.2) is 35.3 Å². The minimum absolute atomic E-state index is 0.135. The van der Waals surface area contributed by atoms with Gasteiger partial charge in [-0.25, -0.2) is 4.98 Å². The second-order valence-corrected chi connectivity index (χ2v) is 7.91. The summed E-state index contributed by atoms with van der Waals surface area (Å²) in [5.74, 6) is -0.647. The number of halogens is 2. The van der Waals surface area contributed by atoms with Gasteiger partial charge < -0.3 is 10.2 Å². The Kier molecular flexibility index (Phi) is 5.99. The molecule has 5 nitrogen and oxygen atoms in total. The highest BCUT2D eigenvalue weighted by Crippen LogP contribution is 2.28. The normalized spacial score (nSPS) is 12.0. The fraction of sp³-hybridized carbons (Fsp3) is 0.211. The lowest BCUT2D eigenvalue weighted by Gasteiger charge is -2.23. The largest absolute Gasteiger partial charge is 0.343 e. The third-order valence-electron chi connectivity index (χ3n) is 4.22. The summed E-state index contributed by atoms with van der Waals surface area (Å²) >= 11 is 13.4. The molecule has 27 heavy (non-hydrogen) atoms. The number of nitrogens with zero attached hydrogens (tertiary/aromatic N) is 2. The number of benzene rings is 2. The number of para-hydroxylation sites is 1. The number of carbonyl (C=O) groups excluding carboxylic acids is 2. The maximum absolute atomic E-state index is 12.5. The average molecular weight is 422 g/mol. The second kappa shape index (κ2) is 8.25. The molecule has 8 heteroatoms. The molecule has 0 spiro atoms. The van der Waals surface area contributed by atoms with E-state index in [1.54, 1.807) is 29.4 Å². The Bertz CT molecular complexity index is 973. The van der Waals surface area contributed by atoms with Gasteiger partial charge in [0.25, 0.3) is 5.91 Å². The van der Waals surface area contributed by atoms with Gasteiger partial charge in [-0.1, -0.05) is 35.3 Å². The van der Waals surface area contributed by atoms with Crippen LogP contribution in [0.4, 0.5) is 0 Å². The third-order valence-corrected chi connectivity index (χ3v) is 5.97. The highest BCUT2D eigenvalue weighted by atomic mass is 35.5. The number of thiazole rings is 1. The smallest absolute Gasteiger partial charge is 0.253 e. The van der Waals surface area contributed by atoms with Gasteiger partial charge in [0, 0.05) is 12.1 Å². The van der Waals surface area contributed by atoms with E-state index in [4.69, 9.17) is 23.2 Å². The molecule has 2 amide bonds. The van der Waals surface area contributed by atoms with Gasteiger partial charge in [-0.2, -0.15) is 0 Å². The van der Waals surface area contributed by atoms with Crippen LogP contribution in [-0.2, 0) is 4.79 Å². The van der Waals surface area contributed by atoms with Crippen LogP contribution in [0.15, 0.2) is 42.5 Å². The van der Waals surface area contributed by atoms with Gasteiger partial charge in [0.05, 0.1) is 33.4 Å². The maximum Gasteiger partial charge on any atom is 0.253 e. The molecular weight excluding hydrogens is 405 g/mol. The molecule has 0 bridgehead atoms. The molecule has 2 aromatic carbocycles. The predicted molar refractivity (Wildman–Crippen MR) is 110 cm³/mol. The molecule has 1 unspecified atom stereocenters. The van der Waals surface area contributed by atoms with Crippen molar-refractivity contribution in [3.8, 4) is 0 Å². The minimum Gasteiger partial charge on any atom is -0.343 e. The number of aromatic nitrogens is 1. The summed E-state index contributed by atoms with van der Waals surface area (Å²) in [7, 11) is 1.69. The highest BCUT2D eigenvalue weighted by Gasteiger charge is 2.21. The zero-order valence-electron chi connectivity index (χ0n) is 14.7. The van der Waals surface area contributed by atoms with E-state index in [1.165, 1.54) is 12.1 Å². The molecule has 0 aliphatic rings. The average Bonchev–Trinajstić information content (AvgIpc) is 3.08. The van der Waals surface area contributed by atoms with E-state index in [-0.39, 0.29) is 29.1 Å². The summed E-state index contributed by atoms with van der Waals surface area (Å²) in [4.78, 5) is 30.9. The Balaban J connectivity index is 1.63. The first-order chi connectivity index (χ1) is 12.9. The van der Waals surface area contributed by atoms with Crippen LogP contribution >= 0.6 is 34.5 Å². The molecule has 3 aromatic rings. The number of hydrogen-bond acceptors (Lipinski definition) is 4. The summed E-state index contributed by atoms with van der Waals surface area (Å²) in [6.45, 7) is 1.77. The number of amides is 2. The van der Waals surface area contributed by atoms with Gasteiger partial charge in [-0.3, -0.25) is 9.59 Å². The number of carbonyl (C=O) groups is 2. The molecule has 1 aromatic heterocycles. The van der Waals surface area contributed by atoms with Crippen LogP contribution in [0.3, 0.4) is 0 Å². The molecule has 1 atom stereocenters. The third kappa shape index (κ3) is 4.40. The first kappa shape index (κ1) is 19.6. The zero-order valence-corrected chi connectivity index (χ0v) is 17.0. The van der Waals surface area contributed by atoms with Crippen LogP contribution < -0.4 is 5.32 Å². The highest BCUT2D eigenvalue weighted by molar-refractivity contribution is 7.18. The molecule has 0 fully saturated rings. The molecule has 0 radical (unpaired) electrons. The van der Waals surface area contributed by atoms with Crippen LogP contribution in [0.2, 0.25) is 10.0 Å². The molecule has 1 N–H and O–H groups in total. The van der Waals surface area contributed by atoms with Gasteiger partial charge in [0.2, 0.25) is 5.91 Å². The topological polar surface area (TPSA) is 62.3 Å². The van der Waals surface area contributed by atoms with Crippen molar-refractivity contribution < 1.29 is 9.59 Å². The summed E-state index contributed by atoms with van der Waals surface area (Å²) < 4.78 is 1.07. The summed E-state index contributed by atoms with van der Waals surface area (Å²) in [5, 5.41) is 4.13. The van der Waals surface area contributed by atoms with Gasteiger partial charge in [0.15, 0.2) is 0 Å². The van der Waals surface area contributed by atoms with E-state index >= 15 is 0 Å². The van der Waals surface area contributed by atoms with E-state index < -0.39 is 5.91 Å². The molecule has 0 aliphatic carbocycles. The fourth-order valence-electron chi connectivity index (χ4n) is 2.50. The van der Waals surface area contributed by atoms with E-state index in [1.807, 2.05) is 31.2 Å². The quantitative estimate of drug-likeness (QED) is 0.656. The van der Waals surface area contributed by atoms with Gasteiger partial charge in [-0.05, 0) is 37.3 Å². The van der Waals surface area contributed by atoms with E-state index in [2.05, 4.69) is 10.3 Å². The lowest BCUT2D eigenvalue weighted by atomic mass is 10.2. The molecule has 0 saturated heterocycles. The monoisotopic (exact) mass is 421 g/mol. The van der Waals surface area contributed by atoms with Crippen LogP contribution in [0.25, 0.3) is 10.2 Å². The van der Waals surface area contributed by atoms with Gasteiger partial charge in [-0.15, -0.1) is 11.3 Å². The fourth-order valence-corrected chi connectivity index (χ4v) is 4.06. The number of fused-ring (bicyclic) bond motifs is 1. The van der Waals surface area contributed by atoms with E-state index in [9.17, 15) is 9.59 Å². The zero-order chi connectivity index (χ0) is 19.6. The van der Waals surface area contributed by atoms with Crippen molar-refractivity contribution in [2.24, 2.45) is 0 Å². The molecule has 0 aliphatic heterocycles. The van der Waals surface area contributed by atoms with Gasteiger partial charge >= 0.3 is 0 Å². The lowest BCUT2D eigenvalue weighted by Crippen LogP contribution is -2.39. The van der Waals surface area contributed by atoms with Crippen molar-refractivity contribution in [2.75, 3.05) is 13.6 Å². The minimum atomic E-state index is -0.425. The van der Waals surface area contributed by atoms with Crippen LogP contribution in [0.1, 0.15) is 28.3 Å². The first-order valence-corrected chi connectivity index (χ1v) is 9.78. The number of hydrogen-bond donors (Lipinski definition) is 1. The van der Waals surface area contributed by atoms with E-state index in [0.29, 0.717) is 5.02 Å². The van der Waals surface area contributed by atoms with Crippen molar-refractivity contribution in [3.05, 3.63) is 63.1 Å². The predicted octanol–water partition coefficient (Wildman–Crippen LogP) is 4.55. The molecule has 0 saturated carbocycles. The van der Waals surface area contributed by atoms with Crippen molar-refractivity contribution in [2.45, 2.75) is 13.0 Å². The Hall–Kier alpha value is -2.15. The van der Waals surface area contributed by atoms with Crippen molar-refractivity contribution in [3.63, 3.8) is 0 Å². The molecule has 1 heterocycles. The Morgan fingerprint density at radius 3 is 2.67 bits per heavy atom. The van der Waals surface area contributed by atoms with Gasteiger partial charge in [0.1, 0.15) is 5.01 Å². The van der Waals surface area contributed by atoms with Crippen molar-refractivity contribution >= 4 is 56.6 Å². The summed E-state index contributed by atoms with van der Waals surface area (Å²) in [5.41, 5.74) is 1.19. The SMILES string of the molecule is CC(c1nc2ccccc2s1)N(C)C(=O)CNC(=O)c1ccc(Cl)cc1Cl. The van der Waals surface area contributed by atoms with Crippen molar-refractivity contribution in [1.82, 2.24) is 15.2 Å². The number of nitrogens with one attached hydrogen (secondary N) is 1. The van der Waals surface area contributed by atoms with Crippen LogP contribution in [0, 0.1) is 0 Å². The van der Waals surface area contributed by atoms with Crippen LogP contribution in [0.5, 0.6) is 0 Å². The Morgan fingerprint density at radius 1 is 1.22 bits per heavy atom. The Labute approximate surface area is 170 Å². The molecule has 3 rings (SSSR count). The molecular formula is C19H17Cl2N3O2S. The standard InChI is InChI=1S/C19H17Cl2N3O2S/c1-11(19-23-15-5-3-4-6-16(15)27-19)24(2)17(25)10-22-18(26)13-8-7-12(20)9-14(13)21/h3-9,11H,10H2,1-2H3,(H,22,26). The number of likely N-dealkylation sites (N-methyl/N-ethyl adjacent to an activating group) is 1. The second-order valence-electron chi connectivity index (χ2n) is 6.01. The first-order valence-electron chi connectivity index (χ1n) is 8.21. The molecule has 140 valence electrons. The Morgan fingerprint density at radius 2 is 1.96 bits per heavy atom. The lowest BCUT2D eigenvalue weighted by molar-refractivity contribution is -0.130. The van der Waals surface area contributed by atoms with E-state index in [0.717, 1.165) is 15.2 Å². The maximum atomic E-state index is 12.5. The number of rotatable bonds is 5. The summed E-state index contributed by atoms with van der Waals surface area (Å²) in [6.07, 6.45) is 0. The summed E-state index contributed by atoms with van der Waals surface area (Å²) in [6, 6.07) is 12.2.